The van der Waals surface area contributed by atoms with Crippen LogP contribution in [-0.2, 0) is 9.59 Å². The van der Waals surface area contributed by atoms with Crippen molar-refractivity contribution in [2.75, 3.05) is 45.8 Å². The van der Waals surface area contributed by atoms with Gasteiger partial charge >= 0.3 is 6.03 Å². The average Bonchev–Trinajstić information content (AvgIpc) is 3.58. The van der Waals surface area contributed by atoms with Crippen molar-refractivity contribution in [2.24, 2.45) is 23.2 Å². The quantitative estimate of drug-likeness (QED) is 0.399. The van der Waals surface area contributed by atoms with E-state index in [2.05, 4.69) is 74.8 Å². The van der Waals surface area contributed by atoms with Crippen LogP contribution in [0.1, 0.15) is 78.2 Å². The Morgan fingerprint density at radius 3 is 2.23 bits per heavy atom. The minimum absolute atomic E-state index is 0. The van der Waals surface area contributed by atoms with E-state index in [0.29, 0.717) is 56.0 Å². The normalized spacial score (nSPS) is 25.3. The molecule has 2 atom stereocenters. The molecular formula is C32H49ClN4O3. The summed E-state index contributed by atoms with van der Waals surface area (Å²) in [4.78, 5) is 48.4. The second-order valence-electron chi connectivity index (χ2n) is 14.3. The molecule has 40 heavy (non-hydrogen) atoms. The molecule has 0 unspecified atom stereocenters. The van der Waals surface area contributed by atoms with E-state index in [1.807, 2.05) is 4.90 Å². The molecule has 3 aliphatic heterocycles. The lowest BCUT2D eigenvalue weighted by molar-refractivity contribution is -0.136. The van der Waals surface area contributed by atoms with Crippen molar-refractivity contribution in [1.82, 2.24) is 19.6 Å². The van der Waals surface area contributed by atoms with Crippen molar-refractivity contribution in [3.8, 4) is 0 Å². The number of imide groups is 1. The van der Waals surface area contributed by atoms with Crippen molar-refractivity contribution in [1.29, 1.82) is 0 Å². The number of rotatable bonds is 8. The molecule has 4 amide bonds. The third-order valence-electron chi connectivity index (χ3n) is 9.19. The number of urea groups is 1. The van der Waals surface area contributed by atoms with Gasteiger partial charge in [0.05, 0.1) is 0 Å². The minimum atomic E-state index is -0.685. The van der Waals surface area contributed by atoms with Crippen LogP contribution in [-0.4, -0.2) is 88.8 Å². The average molecular weight is 573 g/mol. The van der Waals surface area contributed by atoms with Crippen molar-refractivity contribution >= 4 is 30.3 Å². The molecule has 1 aromatic rings. The molecule has 0 bridgehead atoms. The summed E-state index contributed by atoms with van der Waals surface area (Å²) < 4.78 is 0. The lowest BCUT2D eigenvalue weighted by atomic mass is 9.83. The number of carbonyl (C=O) groups excluding carboxylic acids is 3. The van der Waals surface area contributed by atoms with Crippen LogP contribution in [0.4, 0.5) is 4.79 Å². The number of benzene rings is 1. The van der Waals surface area contributed by atoms with Gasteiger partial charge in [-0.25, -0.2) is 4.79 Å². The van der Waals surface area contributed by atoms with Crippen LogP contribution in [0.15, 0.2) is 30.3 Å². The van der Waals surface area contributed by atoms with Crippen LogP contribution >= 0.6 is 12.4 Å². The maximum atomic E-state index is 13.8. The summed E-state index contributed by atoms with van der Waals surface area (Å²) in [5, 5.41) is 0. The molecule has 8 heteroatoms. The third-order valence-corrected chi connectivity index (χ3v) is 9.19. The highest BCUT2D eigenvalue weighted by Gasteiger charge is 2.58. The number of hydrogen-bond donors (Lipinski definition) is 0. The molecule has 1 aromatic carbocycles. The van der Waals surface area contributed by atoms with E-state index in [-0.39, 0.29) is 35.7 Å². The second-order valence-corrected chi connectivity index (χ2v) is 14.3. The van der Waals surface area contributed by atoms with Gasteiger partial charge in [0, 0.05) is 58.2 Å². The first-order valence-electron chi connectivity index (χ1n) is 15.2. The van der Waals surface area contributed by atoms with E-state index in [9.17, 15) is 14.4 Å². The Hall–Kier alpha value is -2.12. The monoisotopic (exact) mass is 572 g/mol. The summed E-state index contributed by atoms with van der Waals surface area (Å²) in [7, 11) is 0. The first-order chi connectivity index (χ1) is 18.5. The number of carbonyl (C=O) groups is 3. The van der Waals surface area contributed by atoms with Crippen LogP contribution in [0.3, 0.4) is 0 Å². The van der Waals surface area contributed by atoms with Gasteiger partial charge in [0.15, 0.2) is 0 Å². The molecule has 222 valence electrons. The predicted molar refractivity (Wildman–Crippen MR) is 160 cm³/mol. The van der Waals surface area contributed by atoms with E-state index in [4.69, 9.17) is 0 Å². The van der Waals surface area contributed by atoms with Crippen molar-refractivity contribution in [3.63, 3.8) is 0 Å². The zero-order valence-corrected chi connectivity index (χ0v) is 25.9. The van der Waals surface area contributed by atoms with E-state index < -0.39 is 5.54 Å². The number of nitrogens with zero attached hydrogens (tertiary/aromatic N) is 4. The summed E-state index contributed by atoms with van der Waals surface area (Å²) in [5.74, 6) is 1.77. The SMILES string of the molecule is CC(C)CN1C(=O)N(CC2CC2)C(=O)C12CCN(C[C@H]1CN(C(=O)CC(C)(C)C)C[C@@H]1c1ccccc1)CC2.Cl. The largest absolute Gasteiger partial charge is 0.342 e. The zero-order valence-electron chi connectivity index (χ0n) is 25.1. The Morgan fingerprint density at radius 2 is 1.65 bits per heavy atom. The number of hydrogen-bond acceptors (Lipinski definition) is 4. The van der Waals surface area contributed by atoms with Gasteiger partial charge in [0.1, 0.15) is 5.54 Å². The second kappa shape index (κ2) is 12.0. The maximum absolute atomic E-state index is 13.8. The predicted octanol–water partition coefficient (Wildman–Crippen LogP) is 5.25. The Balaban J connectivity index is 0.00000370. The van der Waals surface area contributed by atoms with Gasteiger partial charge in [-0.05, 0) is 54.4 Å². The lowest BCUT2D eigenvalue weighted by Crippen LogP contribution is -2.57. The molecule has 5 rings (SSSR count). The van der Waals surface area contributed by atoms with Crippen LogP contribution in [0.2, 0.25) is 0 Å². The summed E-state index contributed by atoms with van der Waals surface area (Å²) in [6.07, 6.45) is 4.21. The van der Waals surface area contributed by atoms with Crippen molar-refractivity contribution < 1.29 is 14.4 Å². The van der Waals surface area contributed by atoms with Gasteiger partial charge in [-0.1, -0.05) is 65.0 Å². The summed E-state index contributed by atoms with van der Waals surface area (Å²) in [6, 6.07) is 10.6. The van der Waals surface area contributed by atoms with E-state index >= 15 is 0 Å². The highest BCUT2D eigenvalue weighted by atomic mass is 35.5. The van der Waals surface area contributed by atoms with Gasteiger partial charge in [0.25, 0.3) is 5.91 Å². The highest BCUT2D eigenvalue weighted by Crippen LogP contribution is 2.41. The fourth-order valence-electron chi connectivity index (χ4n) is 6.94. The molecule has 3 saturated heterocycles. The number of likely N-dealkylation sites (tertiary alicyclic amines) is 2. The summed E-state index contributed by atoms with van der Waals surface area (Å²) in [5.41, 5.74) is 0.590. The molecule has 1 saturated carbocycles. The molecule has 1 aliphatic carbocycles. The molecule has 0 aromatic heterocycles. The van der Waals surface area contributed by atoms with Gasteiger partial charge in [-0.2, -0.15) is 0 Å². The number of halogens is 1. The fourth-order valence-corrected chi connectivity index (χ4v) is 6.94. The summed E-state index contributed by atoms with van der Waals surface area (Å²) in [6.45, 7) is 15.9. The third kappa shape index (κ3) is 6.51. The molecule has 1 spiro atoms. The van der Waals surface area contributed by atoms with Crippen LogP contribution in [0, 0.1) is 23.2 Å². The first kappa shape index (κ1) is 30.8. The van der Waals surface area contributed by atoms with E-state index in [1.165, 1.54) is 5.56 Å². The van der Waals surface area contributed by atoms with Crippen LogP contribution < -0.4 is 0 Å². The molecule has 0 N–H and O–H groups in total. The van der Waals surface area contributed by atoms with Crippen molar-refractivity contribution in [3.05, 3.63) is 35.9 Å². The Morgan fingerprint density at radius 1 is 1.00 bits per heavy atom. The minimum Gasteiger partial charge on any atom is -0.342 e. The number of piperidine rings is 1. The number of amides is 4. The lowest BCUT2D eigenvalue weighted by Gasteiger charge is -2.43. The Labute approximate surface area is 247 Å². The Kier molecular flexibility index (Phi) is 9.26. The van der Waals surface area contributed by atoms with Crippen LogP contribution in [0.25, 0.3) is 0 Å². The van der Waals surface area contributed by atoms with E-state index in [1.54, 1.807) is 4.90 Å². The smallest absolute Gasteiger partial charge is 0.327 e. The first-order valence-corrected chi connectivity index (χ1v) is 15.2. The summed E-state index contributed by atoms with van der Waals surface area (Å²) >= 11 is 0. The van der Waals surface area contributed by atoms with Gasteiger partial charge in [-0.3, -0.25) is 14.5 Å². The zero-order chi connectivity index (χ0) is 27.9. The Bertz CT molecular complexity index is 1060. The molecule has 3 heterocycles. The molecule has 7 nitrogen and oxygen atoms in total. The maximum Gasteiger partial charge on any atom is 0.327 e. The molecule has 0 radical (unpaired) electrons. The molecule has 4 fully saturated rings. The molecular weight excluding hydrogens is 524 g/mol. The van der Waals surface area contributed by atoms with Gasteiger partial charge in [0.2, 0.25) is 5.91 Å². The van der Waals surface area contributed by atoms with Crippen LogP contribution in [0.5, 0.6) is 0 Å². The highest BCUT2D eigenvalue weighted by molar-refractivity contribution is 6.07. The van der Waals surface area contributed by atoms with E-state index in [0.717, 1.165) is 45.6 Å². The standard InChI is InChI=1S/C32H48N4O3.ClH/c1-23(2)18-36-30(39)35(19-24-11-12-24)29(38)32(36)13-15-33(16-14-32)20-26-21-34(28(37)17-31(3,4)5)22-27(26)25-9-7-6-8-10-25;/h6-10,23-24,26-27H,11-22H2,1-5H3;1H/t26-,27+;/m0./s1. The fraction of sp³-hybridized carbons (Fsp3) is 0.719. The molecule has 4 aliphatic rings. The van der Waals surface area contributed by atoms with Gasteiger partial charge in [-0.15, -0.1) is 12.4 Å². The van der Waals surface area contributed by atoms with Crippen molar-refractivity contribution in [2.45, 2.75) is 78.2 Å². The van der Waals surface area contributed by atoms with Gasteiger partial charge < -0.3 is 14.7 Å². The topological polar surface area (TPSA) is 64.2 Å².